The third-order valence-corrected chi connectivity index (χ3v) is 5.17. The molecule has 3 amide bonds. The highest BCUT2D eigenvalue weighted by atomic mass is 16.6. The largest absolute Gasteiger partial charge is 0.413 e. The van der Waals surface area contributed by atoms with Gasteiger partial charge in [0.25, 0.3) is 0 Å². The summed E-state index contributed by atoms with van der Waals surface area (Å²) in [4.78, 5) is 51.5. The smallest absolute Gasteiger partial charge is 0.410 e. The number of amides is 3. The SMILES string of the molecule is CCC(=O)C1CCCN1C(=O)C(NC(=O)C(C)NC(=O)Oc1ccccc1)C(C)C. The Morgan fingerprint density at radius 1 is 1.10 bits per heavy atom. The number of ether oxygens (including phenoxy) is 1. The third kappa shape index (κ3) is 6.05. The number of para-hydroxylation sites is 1. The number of rotatable bonds is 8. The molecule has 3 unspecified atom stereocenters. The highest BCUT2D eigenvalue weighted by Crippen LogP contribution is 2.21. The Bertz CT molecular complexity index is 765. The molecule has 164 valence electrons. The zero-order chi connectivity index (χ0) is 22.3. The van der Waals surface area contributed by atoms with E-state index in [2.05, 4.69) is 10.6 Å². The first-order chi connectivity index (χ1) is 14.2. The van der Waals surface area contributed by atoms with E-state index < -0.39 is 30.1 Å². The molecular formula is C22H31N3O5. The first-order valence-electron chi connectivity index (χ1n) is 10.4. The van der Waals surface area contributed by atoms with Crippen molar-refractivity contribution in [3.8, 4) is 5.75 Å². The number of hydrogen-bond acceptors (Lipinski definition) is 5. The van der Waals surface area contributed by atoms with Crippen molar-refractivity contribution in [1.82, 2.24) is 15.5 Å². The van der Waals surface area contributed by atoms with Crippen LogP contribution in [0.2, 0.25) is 0 Å². The van der Waals surface area contributed by atoms with E-state index in [1.54, 1.807) is 42.2 Å². The second-order valence-electron chi connectivity index (χ2n) is 7.81. The summed E-state index contributed by atoms with van der Waals surface area (Å²) in [6.07, 6.45) is 1.03. The molecule has 30 heavy (non-hydrogen) atoms. The molecule has 1 saturated heterocycles. The molecule has 0 spiro atoms. The van der Waals surface area contributed by atoms with Crippen LogP contribution in [-0.4, -0.2) is 53.3 Å². The van der Waals surface area contributed by atoms with Gasteiger partial charge >= 0.3 is 6.09 Å². The van der Waals surface area contributed by atoms with E-state index >= 15 is 0 Å². The molecule has 1 heterocycles. The van der Waals surface area contributed by atoms with Gasteiger partial charge in [-0.05, 0) is 37.8 Å². The van der Waals surface area contributed by atoms with Gasteiger partial charge in [0.1, 0.15) is 17.8 Å². The molecule has 1 aromatic rings. The van der Waals surface area contributed by atoms with E-state index in [1.165, 1.54) is 6.92 Å². The molecule has 1 aliphatic rings. The summed E-state index contributed by atoms with van der Waals surface area (Å²) in [5.74, 6) is -0.541. The van der Waals surface area contributed by atoms with Gasteiger partial charge in [-0.1, -0.05) is 39.0 Å². The summed E-state index contributed by atoms with van der Waals surface area (Å²) < 4.78 is 5.13. The fourth-order valence-corrected chi connectivity index (χ4v) is 3.44. The number of carbonyl (C=O) groups is 4. The standard InChI is InChI=1S/C22H31N3O5/c1-5-18(26)17-12-9-13-25(17)21(28)19(14(2)3)24-20(27)15(4)23-22(29)30-16-10-7-6-8-11-16/h6-8,10-11,14-15,17,19H,5,9,12-13H2,1-4H3,(H,23,29)(H,24,27). The van der Waals surface area contributed by atoms with Gasteiger partial charge in [-0.3, -0.25) is 14.4 Å². The van der Waals surface area contributed by atoms with Crippen LogP contribution in [0.4, 0.5) is 4.79 Å². The highest BCUT2D eigenvalue weighted by Gasteiger charge is 2.38. The van der Waals surface area contributed by atoms with Crippen LogP contribution in [0.5, 0.6) is 5.75 Å². The van der Waals surface area contributed by atoms with Crippen LogP contribution in [-0.2, 0) is 14.4 Å². The van der Waals surface area contributed by atoms with Gasteiger partial charge < -0.3 is 20.3 Å². The zero-order valence-electron chi connectivity index (χ0n) is 18.0. The lowest BCUT2D eigenvalue weighted by atomic mass is 10.0. The van der Waals surface area contributed by atoms with Crippen LogP contribution in [0.3, 0.4) is 0 Å². The maximum atomic E-state index is 13.1. The maximum Gasteiger partial charge on any atom is 0.413 e. The van der Waals surface area contributed by atoms with Crippen molar-refractivity contribution < 1.29 is 23.9 Å². The second kappa shape index (κ2) is 10.8. The Kier molecular flexibility index (Phi) is 8.38. The van der Waals surface area contributed by atoms with E-state index in [1.807, 2.05) is 13.8 Å². The molecule has 1 fully saturated rings. The normalized spacial score (nSPS) is 17.9. The Morgan fingerprint density at radius 2 is 1.77 bits per heavy atom. The fraction of sp³-hybridized carbons (Fsp3) is 0.545. The van der Waals surface area contributed by atoms with Crippen LogP contribution in [0.25, 0.3) is 0 Å². The Morgan fingerprint density at radius 3 is 2.37 bits per heavy atom. The Hall–Kier alpha value is -2.90. The van der Waals surface area contributed by atoms with Gasteiger partial charge in [0, 0.05) is 13.0 Å². The predicted molar refractivity (Wildman–Crippen MR) is 112 cm³/mol. The van der Waals surface area contributed by atoms with Gasteiger partial charge in [0.15, 0.2) is 5.78 Å². The number of benzene rings is 1. The average molecular weight is 418 g/mol. The number of carbonyl (C=O) groups excluding carboxylic acids is 4. The van der Waals surface area contributed by atoms with Gasteiger partial charge in [-0.25, -0.2) is 4.79 Å². The van der Waals surface area contributed by atoms with Crippen molar-refractivity contribution in [3.05, 3.63) is 30.3 Å². The number of nitrogens with zero attached hydrogens (tertiary/aromatic N) is 1. The molecule has 8 nitrogen and oxygen atoms in total. The summed E-state index contributed by atoms with van der Waals surface area (Å²) in [6.45, 7) is 7.47. The summed E-state index contributed by atoms with van der Waals surface area (Å²) >= 11 is 0. The zero-order valence-corrected chi connectivity index (χ0v) is 18.0. The van der Waals surface area contributed by atoms with Crippen LogP contribution >= 0.6 is 0 Å². The molecule has 3 atom stereocenters. The molecule has 8 heteroatoms. The number of Topliss-reactive ketones (excluding diaryl/α,β-unsaturated/α-hetero) is 1. The van der Waals surface area contributed by atoms with E-state index in [-0.39, 0.29) is 17.6 Å². The molecule has 1 aliphatic heterocycles. The van der Waals surface area contributed by atoms with Crippen molar-refractivity contribution in [2.75, 3.05) is 6.54 Å². The van der Waals surface area contributed by atoms with Crippen LogP contribution < -0.4 is 15.4 Å². The number of hydrogen-bond donors (Lipinski definition) is 2. The van der Waals surface area contributed by atoms with Gasteiger partial charge in [-0.2, -0.15) is 0 Å². The number of ketones is 1. The molecule has 0 aromatic heterocycles. The molecule has 0 aliphatic carbocycles. The van der Waals surface area contributed by atoms with Crippen LogP contribution in [0.15, 0.2) is 30.3 Å². The first-order valence-corrected chi connectivity index (χ1v) is 10.4. The third-order valence-electron chi connectivity index (χ3n) is 5.17. The van der Waals surface area contributed by atoms with E-state index in [0.717, 1.165) is 6.42 Å². The summed E-state index contributed by atoms with van der Waals surface area (Å²) in [5, 5.41) is 5.19. The molecule has 0 saturated carbocycles. The van der Waals surface area contributed by atoms with E-state index in [9.17, 15) is 19.2 Å². The Labute approximate surface area is 177 Å². The van der Waals surface area contributed by atoms with Crippen molar-refractivity contribution in [2.24, 2.45) is 5.92 Å². The first kappa shape index (κ1) is 23.4. The minimum atomic E-state index is -0.901. The molecular weight excluding hydrogens is 386 g/mol. The topological polar surface area (TPSA) is 105 Å². The van der Waals surface area contributed by atoms with Crippen molar-refractivity contribution >= 4 is 23.7 Å². The molecule has 2 N–H and O–H groups in total. The Balaban J connectivity index is 1.97. The quantitative estimate of drug-likeness (QED) is 0.675. The van der Waals surface area contributed by atoms with Gasteiger partial charge in [0.2, 0.25) is 11.8 Å². The van der Waals surface area contributed by atoms with Crippen molar-refractivity contribution in [1.29, 1.82) is 0 Å². The summed E-state index contributed by atoms with van der Waals surface area (Å²) in [5.41, 5.74) is 0. The van der Waals surface area contributed by atoms with Crippen LogP contribution in [0.1, 0.15) is 47.0 Å². The highest BCUT2D eigenvalue weighted by molar-refractivity contribution is 5.94. The second-order valence-corrected chi connectivity index (χ2v) is 7.81. The monoisotopic (exact) mass is 417 g/mol. The maximum absolute atomic E-state index is 13.1. The fourth-order valence-electron chi connectivity index (χ4n) is 3.44. The average Bonchev–Trinajstić information content (AvgIpc) is 3.21. The molecule has 0 bridgehead atoms. The lowest BCUT2D eigenvalue weighted by Gasteiger charge is -2.31. The van der Waals surface area contributed by atoms with Crippen molar-refractivity contribution in [3.63, 3.8) is 0 Å². The van der Waals surface area contributed by atoms with Crippen molar-refractivity contribution in [2.45, 2.75) is 65.1 Å². The molecule has 2 rings (SSSR count). The van der Waals surface area contributed by atoms with E-state index in [4.69, 9.17) is 4.74 Å². The predicted octanol–water partition coefficient (Wildman–Crippen LogP) is 2.27. The summed E-state index contributed by atoms with van der Waals surface area (Å²) in [7, 11) is 0. The molecule has 1 aromatic carbocycles. The number of likely N-dealkylation sites (tertiary alicyclic amines) is 1. The minimum absolute atomic E-state index is 0.0355. The lowest BCUT2D eigenvalue weighted by molar-refractivity contribution is -0.142. The lowest BCUT2D eigenvalue weighted by Crippen LogP contribution is -2.57. The van der Waals surface area contributed by atoms with Gasteiger partial charge in [0.05, 0.1) is 6.04 Å². The van der Waals surface area contributed by atoms with Gasteiger partial charge in [-0.15, -0.1) is 0 Å². The minimum Gasteiger partial charge on any atom is -0.410 e. The molecule has 0 radical (unpaired) electrons. The van der Waals surface area contributed by atoms with Crippen LogP contribution in [0, 0.1) is 5.92 Å². The van der Waals surface area contributed by atoms with E-state index in [0.29, 0.717) is 25.1 Å². The number of nitrogens with one attached hydrogen (secondary N) is 2. The summed E-state index contributed by atoms with van der Waals surface area (Å²) in [6, 6.07) is 6.40.